The third-order valence-electron chi connectivity index (χ3n) is 10.0. The lowest BCUT2D eigenvalue weighted by atomic mass is 9.73. The van der Waals surface area contributed by atoms with E-state index in [2.05, 4.69) is 9.88 Å². The first kappa shape index (κ1) is 23.4. The molecule has 4 aliphatic rings. The number of fused-ring (bicyclic) bond motifs is 5. The molecule has 7 rings (SSSR count). The topological polar surface area (TPSA) is 71.0 Å². The maximum absolute atomic E-state index is 14.0. The van der Waals surface area contributed by atoms with Crippen LogP contribution in [0.3, 0.4) is 0 Å². The van der Waals surface area contributed by atoms with E-state index >= 15 is 0 Å². The van der Waals surface area contributed by atoms with Gasteiger partial charge < -0.3 is 9.55 Å². The highest BCUT2D eigenvalue weighted by Crippen LogP contribution is 2.47. The van der Waals surface area contributed by atoms with Gasteiger partial charge in [-0.25, -0.2) is 4.98 Å². The van der Waals surface area contributed by atoms with E-state index in [1.165, 1.54) is 64.2 Å². The van der Waals surface area contributed by atoms with E-state index in [9.17, 15) is 9.59 Å². The molecule has 6 nitrogen and oxygen atoms in total. The molecule has 0 radical (unpaired) electrons. The number of aromatic nitrogens is 3. The van der Waals surface area contributed by atoms with Crippen molar-refractivity contribution in [3.63, 3.8) is 0 Å². The molecule has 194 valence electrons. The van der Waals surface area contributed by atoms with E-state index in [0.29, 0.717) is 17.6 Å². The molecular weight excluding hydrogens is 460 g/mol. The summed E-state index contributed by atoms with van der Waals surface area (Å²) in [4.78, 5) is 37.0. The summed E-state index contributed by atoms with van der Waals surface area (Å²) >= 11 is 0. The first-order valence-corrected chi connectivity index (χ1v) is 14.6. The number of aromatic amines is 1. The number of rotatable bonds is 3. The number of hydrogen-bond donors (Lipinski definition) is 1. The van der Waals surface area contributed by atoms with Gasteiger partial charge in [0.15, 0.2) is 0 Å². The van der Waals surface area contributed by atoms with Crippen molar-refractivity contribution in [2.75, 3.05) is 0 Å². The lowest BCUT2D eigenvalue weighted by Gasteiger charge is -2.54. The fraction of sp³-hybridized carbons (Fsp3) is 0.581. The standard InChI is InChI=1S/C31H38N4O2/c36-30-26(11-6-14-32-30)29-31(37)35(28-13-4-3-12-27(28)33-29)25-18-22-9-5-10-23(19-25)34(22)24-16-20-7-1-2-8-21(15-20)17-24/h3-4,6,11-14,20-25H,1-2,5,7-10,15-19H2,(H,32,36). The minimum Gasteiger partial charge on any atom is -0.329 e. The zero-order valence-corrected chi connectivity index (χ0v) is 21.6. The van der Waals surface area contributed by atoms with Gasteiger partial charge in [0, 0.05) is 30.4 Å². The predicted octanol–water partition coefficient (Wildman–Crippen LogP) is 5.67. The molecule has 4 fully saturated rings. The number of piperidine rings is 2. The SMILES string of the molecule is O=c1[nH]cccc1-c1nc2ccccc2n(C2CC3CCCC(C2)N3C2CC3CCCCC(C3)C2)c1=O. The summed E-state index contributed by atoms with van der Waals surface area (Å²) in [5.41, 5.74) is 1.90. The number of H-pyrrole nitrogens is 1. The van der Waals surface area contributed by atoms with Crippen LogP contribution in [0.4, 0.5) is 0 Å². The average Bonchev–Trinajstić information content (AvgIpc) is 3.07. The minimum atomic E-state index is -0.264. The molecule has 0 spiro atoms. The zero-order chi connectivity index (χ0) is 24.9. The molecule has 4 unspecified atom stereocenters. The number of para-hydroxylation sites is 2. The zero-order valence-electron chi connectivity index (χ0n) is 21.6. The molecule has 3 aromatic rings. The molecular formula is C31H38N4O2. The second kappa shape index (κ2) is 9.54. The van der Waals surface area contributed by atoms with Crippen LogP contribution in [0.1, 0.15) is 83.1 Å². The van der Waals surface area contributed by atoms with Crippen LogP contribution in [0, 0.1) is 11.8 Å². The fourth-order valence-electron chi connectivity index (χ4n) is 8.61. The summed E-state index contributed by atoms with van der Waals surface area (Å²) in [7, 11) is 0. The Morgan fingerprint density at radius 3 is 2.19 bits per heavy atom. The second-order valence-electron chi connectivity index (χ2n) is 12.2. The Bertz CT molecular complexity index is 1380. The molecule has 6 heteroatoms. The van der Waals surface area contributed by atoms with Crippen LogP contribution < -0.4 is 11.1 Å². The number of nitrogens with zero attached hydrogens (tertiary/aromatic N) is 3. The van der Waals surface area contributed by atoms with Crippen molar-refractivity contribution in [3.8, 4) is 11.3 Å². The Morgan fingerprint density at radius 2 is 1.46 bits per heavy atom. The van der Waals surface area contributed by atoms with Crippen LogP contribution >= 0.6 is 0 Å². The molecule has 1 aromatic carbocycles. The van der Waals surface area contributed by atoms with Gasteiger partial charge >= 0.3 is 0 Å². The summed E-state index contributed by atoms with van der Waals surface area (Å²) in [6, 6.07) is 13.4. The summed E-state index contributed by atoms with van der Waals surface area (Å²) < 4.78 is 2.01. The van der Waals surface area contributed by atoms with Gasteiger partial charge in [0.2, 0.25) is 0 Å². The summed E-state index contributed by atoms with van der Waals surface area (Å²) in [5.74, 6) is 1.84. The molecule has 4 atom stereocenters. The number of pyridine rings is 1. The molecule has 2 aromatic heterocycles. The van der Waals surface area contributed by atoms with E-state index in [4.69, 9.17) is 4.98 Å². The van der Waals surface area contributed by atoms with E-state index in [1.54, 1.807) is 18.3 Å². The smallest absolute Gasteiger partial charge is 0.278 e. The molecule has 0 amide bonds. The van der Waals surface area contributed by atoms with Gasteiger partial charge in [-0.1, -0.05) is 44.2 Å². The highest BCUT2D eigenvalue weighted by atomic mass is 16.1. The highest BCUT2D eigenvalue weighted by Gasteiger charge is 2.45. The van der Waals surface area contributed by atoms with Crippen molar-refractivity contribution in [1.82, 2.24) is 19.4 Å². The number of hydrogen-bond acceptors (Lipinski definition) is 4. The third-order valence-corrected chi connectivity index (χ3v) is 10.0. The van der Waals surface area contributed by atoms with E-state index in [1.807, 2.05) is 28.8 Å². The van der Waals surface area contributed by atoms with Gasteiger partial charge in [-0.3, -0.25) is 14.5 Å². The van der Waals surface area contributed by atoms with Crippen LogP contribution in [0.25, 0.3) is 22.3 Å². The average molecular weight is 499 g/mol. The van der Waals surface area contributed by atoms with Crippen molar-refractivity contribution in [2.45, 2.75) is 101 Å². The monoisotopic (exact) mass is 498 g/mol. The van der Waals surface area contributed by atoms with Crippen molar-refractivity contribution >= 4 is 11.0 Å². The maximum atomic E-state index is 14.0. The van der Waals surface area contributed by atoms with E-state index in [-0.39, 0.29) is 22.9 Å². The Kier molecular flexibility index (Phi) is 6.03. The molecule has 2 aliphatic heterocycles. The van der Waals surface area contributed by atoms with Crippen LogP contribution in [-0.4, -0.2) is 37.6 Å². The van der Waals surface area contributed by atoms with E-state index < -0.39 is 0 Å². The Hall–Kier alpha value is -2.73. The molecule has 4 heterocycles. The van der Waals surface area contributed by atoms with Crippen LogP contribution in [0.5, 0.6) is 0 Å². The van der Waals surface area contributed by atoms with Crippen molar-refractivity contribution in [3.05, 3.63) is 63.3 Å². The second-order valence-corrected chi connectivity index (χ2v) is 12.2. The van der Waals surface area contributed by atoms with Crippen LogP contribution in [-0.2, 0) is 0 Å². The van der Waals surface area contributed by atoms with Crippen molar-refractivity contribution < 1.29 is 0 Å². The molecule has 2 saturated carbocycles. The quantitative estimate of drug-likeness (QED) is 0.505. The maximum Gasteiger partial charge on any atom is 0.278 e. The number of benzene rings is 1. The van der Waals surface area contributed by atoms with Crippen LogP contribution in [0.15, 0.2) is 52.2 Å². The molecule has 37 heavy (non-hydrogen) atoms. The normalized spacial score (nSPS) is 32.2. The fourth-order valence-corrected chi connectivity index (χ4v) is 8.61. The van der Waals surface area contributed by atoms with Gasteiger partial charge in [-0.05, 0) is 81.0 Å². The Morgan fingerprint density at radius 1 is 0.730 bits per heavy atom. The predicted molar refractivity (Wildman–Crippen MR) is 147 cm³/mol. The van der Waals surface area contributed by atoms with Gasteiger partial charge in [0.25, 0.3) is 11.1 Å². The van der Waals surface area contributed by atoms with Crippen LogP contribution in [0.2, 0.25) is 0 Å². The largest absolute Gasteiger partial charge is 0.329 e. The van der Waals surface area contributed by atoms with Gasteiger partial charge in [0.1, 0.15) is 5.69 Å². The molecule has 4 bridgehead atoms. The van der Waals surface area contributed by atoms with Gasteiger partial charge in [0.05, 0.1) is 16.6 Å². The number of nitrogens with one attached hydrogen (secondary N) is 1. The van der Waals surface area contributed by atoms with E-state index in [0.717, 1.165) is 41.8 Å². The van der Waals surface area contributed by atoms with Gasteiger partial charge in [-0.2, -0.15) is 0 Å². The lowest BCUT2D eigenvalue weighted by Crippen LogP contribution is -2.58. The third kappa shape index (κ3) is 4.18. The summed E-state index contributed by atoms with van der Waals surface area (Å²) in [5, 5.41) is 0. The first-order valence-electron chi connectivity index (χ1n) is 14.6. The summed E-state index contributed by atoms with van der Waals surface area (Å²) in [6.07, 6.45) is 17.3. The Balaban J connectivity index is 1.26. The molecule has 2 saturated heterocycles. The Labute approximate surface area is 218 Å². The minimum absolute atomic E-state index is 0.129. The van der Waals surface area contributed by atoms with Crippen molar-refractivity contribution in [2.24, 2.45) is 11.8 Å². The first-order chi connectivity index (χ1) is 18.2. The van der Waals surface area contributed by atoms with Crippen molar-refractivity contribution in [1.29, 1.82) is 0 Å². The lowest BCUT2D eigenvalue weighted by molar-refractivity contribution is -0.0420. The highest BCUT2D eigenvalue weighted by molar-refractivity contribution is 5.77. The van der Waals surface area contributed by atoms with Gasteiger partial charge in [-0.15, -0.1) is 0 Å². The molecule has 2 aliphatic carbocycles. The summed E-state index contributed by atoms with van der Waals surface area (Å²) in [6.45, 7) is 0. The molecule has 1 N–H and O–H groups in total.